The molecule has 1 aromatic heterocycles. The van der Waals surface area contributed by atoms with Crippen molar-refractivity contribution in [2.45, 2.75) is 44.6 Å². The van der Waals surface area contributed by atoms with E-state index in [4.69, 9.17) is 4.74 Å². The molecular formula is C18H30N4O4S. The third-order valence-corrected chi connectivity index (χ3v) is 6.42. The van der Waals surface area contributed by atoms with Crippen molar-refractivity contribution < 1.29 is 17.9 Å². The van der Waals surface area contributed by atoms with Crippen molar-refractivity contribution in [3.8, 4) is 0 Å². The van der Waals surface area contributed by atoms with Crippen LogP contribution in [-0.4, -0.2) is 67.1 Å². The number of sulfonamides is 1. The highest BCUT2D eigenvalue weighted by Crippen LogP contribution is 2.38. The number of aromatic nitrogens is 2. The van der Waals surface area contributed by atoms with Gasteiger partial charge in [-0.15, -0.1) is 0 Å². The van der Waals surface area contributed by atoms with E-state index in [9.17, 15) is 13.2 Å². The van der Waals surface area contributed by atoms with Crippen LogP contribution in [0, 0.1) is 12.8 Å². The molecule has 3 heterocycles. The number of nitrogens with one attached hydrogen (secondary N) is 1. The van der Waals surface area contributed by atoms with Crippen LogP contribution in [-0.2, 0) is 21.8 Å². The molecule has 2 fully saturated rings. The fourth-order valence-corrected chi connectivity index (χ4v) is 4.75. The number of rotatable bonds is 5. The van der Waals surface area contributed by atoms with Gasteiger partial charge in [0.1, 0.15) is 5.69 Å². The number of carbonyl (C=O) groups is 1. The molecule has 1 N–H and O–H groups in total. The maximum atomic E-state index is 12.8. The number of amides is 1. The first-order chi connectivity index (χ1) is 12.7. The number of ether oxygens (including phenoxy) is 1. The van der Waals surface area contributed by atoms with Crippen LogP contribution >= 0.6 is 0 Å². The van der Waals surface area contributed by atoms with E-state index >= 15 is 0 Å². The van der Waals surface area contributed by atoms with Gasteiger partial charge in [0.25, 0.3) is 5.91 Å². The van der Waals surface area contributed by atoms with Crippen molar-refractivity contribution in [3.05, 3.63) is 17.5 Å². The monoisotopic (exact) mass is 398 g/mol. The summed E-state index contributed by atoms with van der Waals surface area (Å²) >= 11 is 0. The van der Waals surface area contributed by atoms with Crippen LogP contribution in [0.3, 0.4) is 0 Å². The minimum absolute atomic E-state index is 0.0256. The Bertz CT molecular complexity index is 781. The largest absolute Gasteiger partial charge is 0.375 e. The van der Waals surface area contributed by atoms with Crippen molar-refractivity contribution in [1.82, 2.24) is 19.4 Å². The SMILES string of the molecule is Cc1cc(C(=O)N2CCC3(CC2)CC(CCNS(C)(=O)=O)CCO3)n(C)n1. The van der Waals surface area contributed by atoms with E-state index in [1.807, 2.05) is 17.9 Å². The molecule has 1 unspecified atom stereocenters. The molecule has 2 aliphatic heterocycles. The first kappa shape index (κ1) is 20.3. The van der Waals surface area contributed by atoms with Gasteiger partial charge in [0.15, 0.2) is 0 Å². The van der Waals surface area contributed by atoms with Crippen LogP contribution in [0.2, 0.25) is 0 Å². The summed E-state index contributed by atoms with van der Waals surface area (Å²) < 4.78 is 32.8. The van der Waals surface area contributed by atoms with Crippen molar-refractivity contribution >= 4 is 15.9 Å². The fraction of sp³-hybridized carbons (Fsp3) is 0.778. The van der Waals surface area contributed by atoms with Crippen molar-refractivity contribution in [1.29, 1.82) is 0 Å². The molecule has 0 bridgehead atoms. The van der Waals surface area contributed by atoms with Gasteiger partial charge in [0, 0.05) is 33.3 Å². The molecule has 27 heavy (non-hydrogen) atoms. The number of hydrogen-bond acceptors (Lipinski definition) is 5. The quantitative estimate of drug-likeness (QED) is 0.801. The molecule has 2 aliphatic rings. The van der Waals surface area contributed by atoms with E-state index in [-0.39, 0.29) is 11.5 Å². The third kappa shape index (κ3) is 5.08. The zero-order valence-corrected chi connectivity index (χ0v) is 17.2. The summed E-state index contributed by atoms with van der Waals surface area (Å²) in [5.74, 6) is 0.479. The maximum Gasteiger partial charge on any atom is 0.272 e. The first-order valence-corrected chi connectivity index (χ1v) is 11.5. The van der Waals surface area contributed by atoms with E-state index in [2.05, 4.69) is 9.82 Å². The molecule has 9 heteroatoms. The summed E-state index contributed by atoms with van der Waals surface area (Å²) in [6.07, 6.45) is 5.57. The number of carbonyl (C=O) groups excluding carboxylic acids is 1. The molecule has 0 saturated carbocycles. The number of hydrogen-bond donors (Lipinski definition) is 1. The van der Waals surface area contributed by atoms with Crippen molar-refractivity contribution in [3.63, 3.8) is 0 Å². The topological polar surface area (TPSA) is 93.5 Å². The van der Waals surface area contributed by atoms with Gasteiger partial charge in [-0.3, -0.25) is 9.48 Å². The summed E-state index contributed by atoms with van der Waals surface area (Å²) in [6.45, 7) is 4.42. The number of nitrogens with zero attached hydrogens (tertiary/aromatic N) is 3. The molecule has 152 valence electrons. The molecule has 3 rings (SSSR count). The molecular weight excluding hydrogens is 368 g/mol. The Morgan fingerprint density at radius 2 is 2.11 bits per heavy atom. The zero-order valence-electron chi connectivity index (χ0n) is 16.4. The maximum absolute atomic E-state index is 12.8. The van der Waals surface area contributed by atoms with Gasteiger partial charge in [0.2, 0.25) is 10.0 Å². The van der Waals surface area contributed by atoms with Gasteiger partial charge >= 0.3 is 0 Å². The normalized spacial score (nSPS) is 22.9. The lowest BCUT2D eigenvalue weighted by molar-refractivity contribution is -0.124. The molecule has 1 amide bonds. The van der Waals surface area contributed by atoms with Crippen LogP contribution in [0.1, 0.15) is 48.3 Å². The minimum Gasteiger partial charge on any atom is -0.375 e. The van der Waals surface area contributed by atoms with E-state index in [0.717, 1.165) is 37.8 Å². The summed E-state index contributed by atoms with van der Waals surface area (Å²) in [7, 11) is -1.34. The van der Waals surface area contributed by atoms with Crippen LogP contribution in [0.5, 0.6) is 0 Å². The fourth-order valence-electron chi connectivity index (χ4n) is 4.26. The van der Waals surface area contributed by atoms with E-state index in [1.165, 1.54) is 6.26 Å². The van der Waals surface area contributed by atoms with Crippen LogP contribution in [0.15, 0.2) is 6.07 Å². The van der Waals surface area contributed by atoms with E-state index < -0.39 is 10.0 Å². The summed E-state index contributed by atoms with van der Waals surface area (Å²) in [4.78, 5) is 14.7. The number of piperidine rings is 1. The van der Waals surface area contributed by atoms with Gasteiger partial charge in [-0.25, -0.2) is 13.1 Å². The zero-order chi connectivity index (χ0) is 19.7. The Morgan fingerprint density at radius 3 is 2.70 bits per heavy atom. The molecule has 0 radical (unpaired) electrons. The predicted molar refractivity (Wildman–Crippen MR) is 102 cm³/mol. The molecule has 8 nitrogen and oxygen atoms in total. The Balaban J connectivity index is 1.54. The highest BCUT2D eigenvalue weighted by Gasteiger charge is 2.41. The molecule has 1 atom stereocenters. The van der Waals surface area contributed by atoms with Crippen LogP contribution < -0.4 is 4.72 Å². The molecule has 2 saturated heterocycles. The Kier molecular flexibility index (Phi) is 5.93. The standard InChI is InChI=1S/C18H30N4O4S/c1-14-12-16(21(2)20-14)17(23)22-9-6-18(7-10-22)13-15(5-11-26-18)4-8-19-27(3,24)25/h12,15,19H,4-11,13H2,1-3H3. The number of likely N-dealkylation sites (tertiary alicyclic amines) is 1. The van der Waals surface area contributed by atoms with Gasteiger partial charge < -0.3 is 9.64 Å². The average Bonchev–Trinajstić information content (AvgIpc) is 2.92. The summed E-state index contributed by atoms with van der Waals surface area (Å²) in [6, 6.07) is 1.83. The Morgan fingerprint density at radius 1 is 1.41 bits per heavy atom. The predicted octanol–water partition coefficient (Wildman–Crippen LogP) is 1.07. The Hall–Kier alpha value is -1.45. The average molecular weight is 399 g/mol. The third-order valence-electron chi connectivity index (χ3n) is 5.69. The Labute approximate surface area is 161 Å². The molecule has 1 aromatic rings. The second-order valence-corrected chi connectivity index (χ2v) is 9.77. The van der Waals surface area contributed by atoms with Gasteiger partial charge in [0.05, 0.1) is 17.6 Å². The molecule has 1 spiro atoms. The summed E-state index contributed by atoms with van der Waals surface area (Å²) in [5, 5.41) is 4.26. The van der Waals surface area contributed by atoms with Crippen molar-refractivity contribution in [2.75, 3.05) is 32.5 Å². The lowest BCUT2D eigenvalue weighted by atomic mass is 9.78. The second-order valence-electron chi connectivity index (χ2n) is 7.93. The van der Waals surface area contributed by atoms with Crippen molar-refractivity contribution in [2.24, 2.45) is 13.0 Å². The summed E-state index contributed by atoms with van der Waals surface area (Å²) in [5.41, 5.74) is 1.29. The second kappa shape index (κ2) is 7.89. The van der Waals surface area contributed by atoms with Crippen LogP contribution in [0.25, 0.3) is 0 Å². The highest BCUT2D eigenvalue weighted by molar-refractivity contribution is 7.88. The van der Waals surface area contributed by atoms with E-state index in [0.29, 0.717) is 37.9 Å². The van der Waals surface area contributed by atoms with Crippen LogP contribution in [0.4, 0.5) is 0 Å². The van der Waals surface area contributed by atoms with Gasteiger partial charge in [-0.1, -0.05) is 0 Å². The molecule has 0 aliphatic carbocycles. The van der Waals surface area contributed by atoms with Gasteiger partial charge in [-0.05, 0) is 51.0 Å². The highest BCUT2D eigenvalue weighted by atomic mass is 32.2. The van der Waals surface area contributed by atoms with Gasteiger partial charge in [-0.2, -0.15) is 5.10 Å². The minimum atomic E-state index is -3.14. The molecule has 0 aromatic carbocycles. The van der Waals surface area contributed by atoms with E-state index in [1.54, 1.807) is 11.7 Å². The lowest BCUT2D eigenvalue weighted by Gasteiger charge is -2.46. The first-order valence-electron chi connectivity index (χ1n) is 9.56. The smallest absolute Gasteiger partial charge is 0.272 e. The number of aryl methyl sites for hydroxylation is 2. The lowest BCUT2D eigenvalue weighted by Crippen LogP contribution is -2.51.